The number of benzene rings is 2. The molecular weight excluding hydrogens is 320 g/mol. The van der Waals surface area contributed by atoms with Crippen molar-refractivity contribution in [2.45, 2.75) is 13.5 Å². The highest BCUT2D eigenvalue weighted by Gasteiger charge is 2.16. The number of hydrogen-bond donors (Lipinski definition) is 0. The van der Waals surface area contributed by atoms with Gasteiger partial charge < -0.3 is 0 Å². The summed E-state index contributed by atoms with van der Waals surface area (Å²) in [5.74, 6) is 0. The van der Waals surface area contributed by atoms with E-state index < -0.39 is 0 Å². The van der Waals surface area contributed by atoms with Crippen LogP contribution in [0.25, 0.3) is 10.8 Å². The Kier molecular flexibility index (Phi) is 4.93. The van der Waals surface area contributed by atoms with Gasteiger partial charge in [-0.3, -0.25) is 14.9 Å². The van der Waals surface area contributed by atoms with Crippen LogP contribution in [0.5, 0.6) is 0 Å². The molecule has 0 aliphatic carbocycles. The largest absolute Gasteiger partial charge is 0.295 e. The molecule has 1 aliphatic rings. The first-order valence-corrected chi connectivity index (χ1v) is 9.19. The van der Waals surface area contributed by atoms with Gasteiger partial charge in [0.05, 0.1) is 5.71 Å². The predicted octanol–water partition coefficient (Wildman–Crippen LogP) is 3.78. The Balaban J connectivity index is 1.39. The van der Waals surface area contributed by atoms with Crippen LogP contribution in [0.4, 0.5) is 0 Å². The van der Waals surface area contributed by atoms with Crippen LogP contribution in [0.15, 0.2) is 72.1 Å². The number of hydrazone groups is 1. The first kappa shape index (κ1) is 16.7. The zero-order valence-corrected chi connectivity index (χ0v) is 15.2. The molecule has 26 heavy (non-hydrogen) atoms. The van der Waals surface area contributed by atoms with Gasteiger partial charge in [0, 0.05) is 50.7 Å². The van der Waals surface area contributed by atoms with Crippen LogP contribution in [-0.4, -0.2) is 46.8 Å². The Morgan fingerprint density at radius 3 is 2.46 bits per heavy atom. The third-order valence-electron chi connectivity index (χ3n) is 5.01. The monoisotopic (exact) mass is 344 g/mol. The van der Waals surface area contributed by atoms with Gasteiger partial charge >= 0.3 is 0 Å². The van der Waals surface area contributed by atoms with Crippen LogP contribution >= 0.6 is 0 Å². The Hall–Kier alpha value is -2.72. The third kappa shape index (κ3) is 3.75. The van der Waals surface area contributed by atoms with Crippen molar-refractivity contribution in [1.82, 2.24) is 14.9 Å². The van der Waals surface area contributed by atoms with Gasteiger partial charge in [-0.1, -0.05) is 42.5 Å². The molecule has 0 atom stereocenters. The maximum atomic E-state index is 4.79. The van der Waals surface area contributed by atoms with Gasteiger partial charge in [-0.15, -0.1) is 0 Å². The molecule has 1 aliphatic heterocycles. The van der Waals surface area contributed by atoms with Crippen LogP contribution < -0.4 is 0 Å². The molecule has 4 nitrogen and oxygen atoms in total. The second-order valence-electron chi connectivity index (χ2n) is 6.79. The second kappa shape index (κ2) is 7.67. The molecule has 0 N–H and O–H groups in total. The van der Waals surface area contributed by atoms with E-state index in [-0.39, 0.29) is 0 Å². The SMILES string of the molecule is CC(=NN1CCN(Cc2cccc3ccccc23)CC1)c1ccncc1. The predicted molar refractivity (Wildman–Crippen MR) is 107 cm³/mol. The second-order valence-corrected chi connectivity index (χ2v) is 6.79. The molecule has 4 heteroatoms. The van der Waals surface area contributed by atoms with Crippen molar-refractivity contribution in [3.8, 4) is 0 Å². The van der Waals surface area contributed by atoms with E-state index in [9.17, 15) is 0 Å². The Bertz CT molecular complexity index is 891. The van der Waals surface area contributed by atoms with Crippen LogP contribution in [-0.2, 0) is 6.54 Å². The van der Waals surface area contributed by atoms with Crippen LogP contribution in [0, 0.1) is 0 Å². The molecule has 1 aromatic heterocycles. The number of nitrogens with zero attached hydrogens (tertiary/aromatic N) is 4. The van der Waals surface area contributed by atoms with E-state index in [0.29, 0.717) is 0 Å². The zero-order valence-electron chi connectivity index (χ0n) is 15.2. The molecule has 0 saturated carbocycles. The summed E-state index contributed by atoms with van der Waals surface area (Å²) in [5, 5.41) is 9.67. The van der Waals surface area contributed by atoms with Crippen LogP contribution in [0.2, 0.25) is 0 Å². The van der Waals surface area contributed by atoms with Gasteiger partial charge in [0.25, 0.3) is 0 Å². The summed E-state index contributed by atoms with van der Waals surface area (Å²) in [7, 11) is 0. The highest BCUT2D eigenvalue weighted by atomic mass is 15.5. The van der Waals surface area contributed by atoms with Gasteiger partial charge in [0.2, 0.25) is 0 Å². The van der Waals surface area contributed by atoms with Crippen molar-refractivity contribution in [2.24, 2.45) is 5.10 Å². The maximum Gasteiger partial charge on any atom is 0.0647 e. The van der Waals surface area contributed by atoms with Crippen LogP contribution in [0.3, 0.4) is 0 Å². The lowest BCUT2D eigenvalue weighted by Gasteiger charge is -2.33. The van der Waals surface area contributed by atoms with Gasteiger partial charge in [0.15, 0.2) is 0 Å². The highest BCUT2D eigenvalue weighted by molar-refractivity contribution is 5.98. The standard InChI is InChI=1S/C22H24N4/c1-18(19-9-11-23-12-10-19)24-26-15-13-25(14-16-26)17-21-7-4-6-20-5-2-3-8-22(20)21/h2-12H,13-17H2,1H3. The van der Waals surface area contributed by atoms with Crippen molar-refractivity contribution in [2.75, 3.05) is 26.2 Å². The Morgan fingerprint density at radius 2 is 1.65 bits per heavy atom. The van der Waals surface area contributed by atoms with Crippen molar-refractivity contribution in [1.29, 1.82) is 0 Å². The minimum atomic E-state index is 0.965. The van der Waals surface area contributed by atoms with Crippen molar-refractivity contribution >= 4 is 16.5 Å². The summed E-state index contributed by atoms with van der Waals surface area (Å²) in [6, 6.07) is 19.3. The lowest BCUT2D eigenvalue weighted by molar-refractivity contribution is 0.131. The zero-order chi connectivity index (χ0) is 17.8. The van der Waals surface area contributed by atoms with E-state index in [2.05, 4.69) is 64.3 Å². The average molecular weight is 344 g/mol. The fraction of sp³-hybridized carbons (Fsp3) is 0.273. The number of fused-ring (bicyclic) bond motifs is 1. The number of hydrogen-bond acceptors (Lipinski definition) is 4. The van der Waals surface area contributed by atoms with Gasteiger partial charge in [-0.05, 0) is 35.4 Å². The Labute approximate surface area is 154 Å². The molecule has 3 aromatic rings. The van der Waals surface area contributed by atoms with E-state index >= 15 is 0 Å². The fourth-order valence-corrected chi connectivity index (χ4v) is 3.53. The molecule has 0 radical (unpaired) electrons. The molecular formula is C22H24N4. The molecule has 4 rings (SSSR count). The first-order chi connectivity index (χ1) is 12.8. The lowest BCUT2D eigenvalue weighted by Crippen LogP contribution is -2.43. The summed E-state index contributed by atoms with van der Waals surface area (Å²) in [6.45, 7) is 7.08. The van der Waals surface area contributed by atoms with Crippen molar-refractivity contribution in [3.05, 3.63) is 78.1 Å². The molecule has 0 unspecified atom stereocenters. The number of piperazine rings is 1. The van der Waals surface area contributed by atoms with E-state index in [0.717, 1.165) is 44.0 Å². The molecule has 1 fully saturated rings. The minimum Gasteiger partial charge on any atom is -0.295 e. The summed E-state index contributed by atoms with van der Waals surface area (Å²) in [4.78, 5) is 6.59. The maximum absolute atomic E-state index is 4.79. The van der Waals surface area contributed by atoms with Crippen LogP contribution in [0.1, 0.15) is 18.1 Å². The summed E-state index contributed by atoms with van der Waals surface area (Å²) in [5.41, 5.74) is 3.60. The quantitative estimate of drug-likeness (QED) is 0.675. The molecule has 0 bridgehead atoms. The molecule has 2 heterocycles. The molecule has 132 valence electrons. The van der Waals surface area contributed by atoms with E-state index in [4.69, 9.17) is 5.10 Å². The average Bonchev–Trinajstić information content (AvgIpc) is 2.70. The number of aromatic nitrogens is 1. The Morgan fingerprint density at radius 1 is 0.923 bits per heavy atom. The van der Waals surface area contributed by atoms with Crippen molar-refractivity contribution in [3.63, 3.8) is 0 Å². The molecule has 2 aromatic carbocycles. The summed E-state index contributed by atoms with van der Waals surface area (Å²) >= 11 is 0. The molecule has 1 saturated heterocycles. The smallest absolute Gasteiger partial charge is 0.0647 e. The van der Waals surface area contributed by atoms with Gasteiger partial charge in [-0.25, -0.2) is 0 Å². The fourth-order valence-electron chi connectivity index (χ4n) is 3.53. The van der Waals surface area contributed by atoms with E-state index in [1.165, 1.54) is 16.3 Å². The lowest BCUT2D eigenvalue weighted by atomic mass is 10.0. The normalized spacial score (nSPS) is 16.2. The van der Waals surface area contributed by atoms with E-state index in [1.807, 2.05) is 24.5 Å². The number of pyridine rings is 1. The first-order valence-electron chi connectivity index (χ1n) is 9.19. The molecule has 0 amide bonds. The van der Waals surface area contributed by atoms with E-state index in [1.54, 1.807) is 0 Å². The summed E-state index contributed by atoms with van der Waals surface area (Å²) in [6.07, 6.45) is 3.63. The topological polar surface area (TPSA) is 31.7 Å². The van der Waals surface area contributed by atoms with Gasteiger partial charge in [-0.2, -0.15) is 5.10 Å². The van der Waals surface area contributed by atoms with Gasteiger partial charge in [0.1, 0.15) is 0 Å². The van der Waals surface area contributed by atoms with Crippen molar-refractivity contribution < 1.29 is 0 Å². The minimum absolute atomic E-state index is 0.965. The number of rotatable bonds is 4. The summed E-state index contributed by atoms with van der Waals surface area (Å²) < 4.78 is 0. The molecule has 0 spiro atoms. The third-order valence-corrected chi connectivity index (χ3v) is 5.01. The highest BCUT2D eigenvalue weighted by Crippen LogP contribution is 2.20.